The van der Waals surface area contributed by atoms with E-state index in [0.717, 1.165) is 49.4 Å². The Morgan fingerprint density at radius 2 is 2.04 bits per heavy atom. The van der Waals surface area contributed by atoms with Crippen LogP contribution in [0.2, 0.25) is 0 Å². The van der Waals surface area contributed by atoms with Gasteiger partial charge in [0, 0.05) is 24.8 Å². The molecule has 23 heavy (non-hydrogen) atoms. The minimum Gasteiger partial charge on any atom is -0.328 e. The maximum atomic E-state index is 12.2. The topological polar surface area (TPSA) is 63.6 Å². The van der Waals surface area contributed by atoms with Crippen molar-refractivity contribution in [3.8, 4) is 0 Å². The second-order valence-electron chi connectivity index (χ2n) is 6.49. The zero-order chi connectivity index (χ0) is 15.7. The predicted molar refractivity (Wildman–Crippen MR) is 95.1 cm³/mol. The minimum atomic E-state index is -0.00540. The number of hydrogen-bond donors (Lipinski definition) is 1. The SMILES string of the molecule is Cc1ccc2nc(CN3CCC(C(C)N)CC3)cc(=O)n2c1.Cl. The summed E-state index contributed by atoms with van der Waals surface area (Å²) < 4.78 is 1.61. The molecule has 1 saturated heterocycles. The zero-order valence-corrected chi connectivity index (χ0v) is 14.6. The molecular formula is C17H25ClN4O. The summed E-state index contributed by atoms with van der Waals surface area (Å²) in [5.41, 5.74) is 8.61. The maximum Gasteiger partial charge on any atom is 0.258 e. The summed E-state index contributed by atoms with van der Waals surface area (Å²) in [5, 5.41) is 0. The Balaban J connectivity index is 0.00000192. The average molecular weight is 337 g/mol. The Morgan fingerprint density at radius 3 is 2.70 bits per heavy atom. The Kier molecular flexibility index (Phi) is 5.79. The van der Waals surface area contributed by atoms with E-state index in [-0.39, 0.29) is 24.0 Å². The molecule has 1 atom stereocenters. The molecule has 2 aromatic heterocycles. The molecule has 6 heteroatoms. The Morgan fingerprint density at radius 1 is 1.35 bits per heavy atom. The Hall–Kier alpha value is -1.43. The van der Waals surface area contributed by atoms with Crippen LogP contribution in [0.25, 0.3) is 5.65 Å². The zero-order valence-electron chi connectivity index (χ0n) is 13.7. The molecule has 5 nitrogen and oxygen atoms in total. The highest BCUT2D eigenvalue weighted by Crippen LogP contribution is 2.20. The summed E-state index contributed by atoms with van der Waals surface area (Å²) in [6.07, 6.45) is 4.09. The fourth-order valence-electron chi connectivity index (χ4n) is 3.21. The lowest BCUT2D eigenvalue weighted by molar-refractivity contribution is 0.164. The first-order valence-electron chi connectivity index (χ1n) is 8.00. The largest absolute Gasteiger partial charge is 0.328 e. The van der Waals surface area contributed by atoms with Crippen molar-refractivity contribution in [3.63, 3.8) is 0 Å². The van der Waals surface area contributed by atoms with Crippen molar-refractivity contribution >= 4 is 18.1 Å². The van der Waals surface area contributed by atoms with E-state index in [0.29, 0.717) is 5.92 Å². The van der Waals surface area contributed by atoms with Crippen molar-refractivity contribution < 1.29 is 0 Å². The van der Waals surface area contributed by atoms with Crippen LogP contribution in [-0.2, 0) is 6.54 Å². The molecule has 1 unspecified atom stereocenters. The highest BCUT2D eigenvalue weighted by atomic mass is 35.5. The van der Waals surface area contributed by atoms with E-state index in [4.69, 9.17) is 5.73 Å². The lowest BCUT2D eigenvalue weighted by Gasteiger charge is -2.33. The number of rotatable bonds is 3. The third-order valence-electron chi connectivity index (χ3n) is 4.62. The Labute approximate surface area is 142 Å². The van der Waals surface area contributed by atoms with Crippen molar-refractivity contribution in [3.05, 3.63) is 46.0 Å². The number of hydrogen-bond acceptors (Lipinski definition) is 4. The minimum absolute atomic E-state index is 0. The first-order valence-corrected chi connectivity index (χ1v) is 8.00. The Bertz CT molecular complexity index is 720. The van der Waals surface area contributed by atoms with Crippen LogP contribution < -0.4 is 11.3 Å². The normalized spacial score (nSPS) is 17.9. The van der Waals surface area contributed by atoms with E-state index < -0.39 is 0 Å². The second kappa shape index (κ2) is 7.43. The molecule has 1 aliphatic heterocycles. The number of aryl methyl sites for hydroxylation is 1. The molecular weight excluding hydrogens is 312 g/mol. The lowest BCUT2D eigenvalue weighted by Crippen LogP contribution is -2.39. The van der Waals surface area contributed by atoms with Crippen LogP contribution in [0.4, 0.5) is 0 Å². The average Bonchev–Trinajstić information content (AvgIpc) is 2.49. The molecule has 0 amide bonds. The highest BCUT2D eigenvalue weighted by Gasteiger charge is 2.22. The van der Waals surface area contributed by atoms with Crippen LogP contribution in [0.15, 0.2) is 29.2 Å². The standard InChI is InChI=1S/C17H24N4O.ClH/c1-12-3-4-16-19-15(9-17(22)21(16)10-12)11-20-7-5-14(6-8-20)13(2)18;/h3-4,9-10,13-14H,5-8,11,18H2,1-2H3;1H. The van der Waals surface area contributed by atoms with Gasteiger partial charge < -0.3 is 5.73 Å². The van der Waals surface area contributed by atoms with E-state index in [2.05, 4.69) is 16.8 Å². The number of nitrogens with zero attached hydrogens (tertiary/aromatic N) is 3. The molecule has 0 saturated carbocycles. The number of nitrogens with two attached hydrogens (primary N) is 1. The van der Waals surface area contributed by atoms with E-state index in [9.17, 15) is 4.79 Å². The number of fused-ring (bicyclic) bond motifs is 1. The van der Waals surface area contributed by atoms with E-state index in [1.807, 2.05) is 25.3 Å². The molecule has 1 aliphatic rings. The predicted octanol–water partition coefficient (Wildman–Crippen LogP) is 1.98. The summed E-state index contributed by atoms with van der Waals surface area (Å²) in [5.74, 6) is 0.620. The number of halogens is 1. The second-order valence-corrected chi connectivity index (χ2v) is 6.49. The van der Waals surface area contributed by atoms with Gasteiger partial charge in [-0.25, -0.2) is 4.98 Å². The first-order chi connectivity index (χ1) is 10.5. The molecule has 0 radical (unpaired) electrons. The van der Waals surface area contributed by atoms with Gasteiger partial charge in [0.05, 0.1) is 5.69 Å². The molecule has 3 heterocycles. The van der Waals surface area contributed by atoms with Gasteiger partial charge in [0.25, 0.3) is 5.56 Å². The van der Waals surface area contributed by atoms with E-state index >= 15 is 0 Å². The summed E-state index contributed by atoms with van der Waals surface area (Å²) >= 11 is 0. The van der Waals surface area contributed by atoms with Crippen molar-refractivity contribution in [1.82, 2.24) is 14.3 Å². The molecule has 0 aliphatic carbocycles. The van der Waals surface area contributed by atoms with Crippen LogP contribution in [0.3, 0.4) is 0 Å². The molecule has 3 rings (SSSR count). The van der Waals surface area contributed by atoms with Gasteiger partial charge >= 0.3 is 0 Å². The fraction of sp³-hybridized carbons (Fsp3) is 0.529. The van der Waals surface area contributed by atoms with Gasteiger partial charge in [0.15, 0.2) is 0 Å². The van der Waals surface area contributed by atoms with Crippen LogP contribution in [0, 0.1) is 12.8 Å². The van der Waals surface area contributed by atoms with Gasteiger partial charge in [0.2, 0.25) is 0 Å². The fourth-order valence-corrected chi connectivity index (χ4v) is 3.21. The van der Waals surface area contributed by atoms with E-state index in [1.165, 1.54) is 0 Å². The van der Waals surface area contributed by atoms with Crippen LogP contribution in [0.1, 0.15) is 31.0 Å². The van der Waals surface area contributed by atoms with Gasteiger partial charge in [-0.2, -0.15) is 0 Å². The molecule has 1 fully saturated rings. The summed E-state index contributed by atoms with van der Waals surface area (Å²) in [6.45, 7) is 6.87. The smallest absolute Gasteiger partial charge is 0.258 e. The lowest BCUT2D eigenvalue weighted by atomic mass is 9.91. The van der Waals surface area contributed by atoms with Gasteiger partial charge in [-0.3, -0.25) is 14.1 Å². The number of aromatic nitrogens is 2. The van der Waals surface area contributed by atoms with E-state index in [1.54, 1.807) is 10.5 Å². The molecule has 126 valence electrons. The molecule has 2 aromatic rings. The highest BCUT2D eigenvalue weighted by molar-refractivity contribution is 5.85. The van der Waals surface area contributed by atoms with Gasteiger partial charge in [-0.15, -0.1) is 12.4 Å². The van der Waals surface area contributed by atoms with Crippen molar-refractivity contribution in [2.75, 3.05) is 13.1 Å². The molecule has 0 spiro atoms. The van der Waals surface area contributed by atoms with Crippen molar-refractivity contribution in [2.45, 2.75) is 39.3 Å². The maximum absolute atomic E-state index is 12.2. The molecule has 0 aromatic carbocycles. The van der Waals surface area contributed by atoms with Gasteiger partial charge in [-0.05, 0) is 57.3 Å². The number of likely N-dealkylation sites (tertiary alicyclic amines) is 1. The van der Waals surface area contributed by atoms with Gasteiger partial charge in [0.1, 0.15) is 5.65 Å². The van der Waals surface area contributed by atoms with Crippen molar-refractivity contribution in [1.29, 1.82) is 0 Å². The number of pyridine rings is 1. The summed E-state index contributed by atoms with van der Waals surface area (Å²) in [6, 6.07) is 5.82. The third-order valence-corrected chi connectivity index (χ3v) is 4.62. The van der Waals surface area contributed by atoms with Crippen LogP contribution in [0.5, 0.6) is 0 Å². The van der Waals surface area contributed by atoms with Crippen LogP contribution in [-0.4, -0.2) is 33.4 Å². The monoisotopic (exact) mass is 336 g/mol. The molecule has 2 N–H and O–H groups in total. The van der Waals surface area contributed by atoms with Crippen molar-refractivity contribution in [2.24, 2.45) is 11.7 Å². The quantitative estimate of drug-likeness (QED) is 0.931. The van der Waals surface area contributed by atoms with Crippen LogP contribution >= 0.6 is 12.4 Å². The third kappa shape index (κ3) is 4.10. The molecule has 0 bridgehead atoms. The summed E-state index contributed by atoms with van der Waals surface area (Å²) in [4.78, 5) is 19.2. The van der Waals surface area contributed by atoms with Gasteiger partial charge in [-0.1, -0.05) is 6.07 Å². The number of piperidine rings is 1. The first kappa shape index (κ1) is 17.9. The summed E-state index contributed by atoms with van der Waals surface area (Å²) in [7, 11) is 0.